The molecule has 0 bridgehead atoms. The molecule has 1 fully saturated rings. The molecule has 16 heavy (non-hydrogen) atoms. The highest BCUT2D eigenvalue weighted by Gasteiger charge is 2.30. The van der Waals surface area contributed by atoms with Crippen molar-refractivity contribution in [3.05, 3.63) is 12.2 Å². The first kappa shape index (κ1) is 11.5. The van der Waals surface area contributed by atoms with Crippen molar-refractivity contribution in [1.29, 1.82) is 0 Å². The van der Waals surface area contributed by atoms with E-state index >= 15 is 0 Å². The smallest absolute Gasteiger partial charge is 0.140 e. The second-order valence-electron chi connectivity index (χ2n) is 5.32. The first-order valence-electron chi connectivity index (χ1n) is 5.80. The minimum absolute atomic E-state index is 0.186. The number of hydrogen-bond acceptors (Lipinski definition) is 4. The molecule has 1 N–H and O–H groups in total. The van der Waals surface area contributed by atoms with Crippen molar-refractivity contribution in [2.75, 3.05) is 13.1 Å². The van der Waals surface area contributed by atoms with Gasteiger partial charge in [0.1, 0.15) is 12.2 Å². The standard InChI is InChI=1S/C11H21N5/c1-9-5-13-11(2,3)7-16(9)6-10-12-8-14-15(10)4/h8-9,13H,5-7H2,1-4H3. The van der Waals surface area contributed by atoms with E-state index in [9.17, 15) is 0 Å². The Balaban J connectivity index is 2.06. The Morgan fingerprint density at radius 2 is 2.31 bits per heavy atom. The summed E-state index contributed by atoms with van der Waals surface area (Å²) in [4.78, 5) is 6.74. The van der Waals surface area contributed by atoms with Crippen molar-refractivity contribution in [3.63, 3.8) is 0 Å². The second kappa shape index (κ2) is 4.14. The Bertz CT molecular complexity index is 357. The van der Waals surface area contributed by atoms with Gasteiger partial charge in [0.15, 0.2) is 0 Å². The summed E-state index contributed by atoms with van der Waals surface area (Å²) in [5, 5.41) is 7.65. The first-order chi connectivity index (χ1) is 7.48. The number of piperazine rings is 1. The fraction of sp³-hybridized carbons (Fsp3) is 0.818. The molecule has 0 spiro atoms. The Morgan fingerprint density at radius 1 is 1.56 bits per heavy atom. The van der Waals surface area contributed by atoms with Crippen LogP contribution in [0.4, 0.5) is 0 Å². The summed E-state index contributed by atoms with van der Waals surface area (Å²) in [5.41, 5.74) is 0.186. The molecule has 0 aliphatic carbocycles. The first-order valence-corrected chi connectivity index (χ1v) is 5.80. The Morgan fingerprint density at radius 3 is 2.94 bits per heavy atom. The molecule has 0 saturated carbocycles. The van der Waals surface area contributed by atoms with E-state index in [4.69, 9.17) is 0 Å². The highest BCUT2D eigenvalue weighted by atomic mass is 15.3. The minimum atomic E-state index is 0.186. The van der Waals surface area contributed by atoms with Crippen molar-refractivity contribution in [1.82, 2.24) is 25.0 Å². The summed E-state index contributed by atoms with van der Waals surface area (Å²) >= 11 is 0. The van der Waals surface area contributed by atoms with Crippen LogP contribution in [0.2, 0.25) is 0 Å². The molecule has 1 aromatic rings. The van der Waals surface area contributed by atoms with Crippen molar-refractivity contribution >= 4 is 0 Å². The van der Waals surface area contributed by atoms with Crippen LogP contribution in [0.25, 0.3) is 0 Å². The van der Waals surface area contributed by atoms with Gasteiger partial charge in [0.2, 0.25) is 0 Å². The van der Waals surface area contributed by atoms with Crippen LogP contribution in [0.1, 0.15) is 26.6 Å². The average Bonchev–Trinajstić information content (AvgIpc) is 2.58. The predicted molar refractivity (Wildman–Crippen MR) is 63.0 cm³/mol. The second-order valence-corrected chi connectivity index (χ2v) is 5.32. The highest BCUT2D eigenvalue weighted by Crippen LogP contribution is 2.16. The van der Waals surface area contributed by atoms with Gasteiger partial charge in [-0.05, 0) is 20.8 Å². The third-order valence-corrected chi connectivity index (χ3v) is 3.25. The largest absolute Gasteiger partial charge is 0.309 e. The summed E-state index contributed by atoms with van der Waals surface area (Å²) in [5.74, 6) is 1.03. The van der Waals surface area contributed by atoms with Gasteiger partial charge in [0.25, 0.3) is 0 Å². The number of rotatable bonds is 2. The number of nitrogens with one attached hydrogen (secondary N) is 1. The minimum Gasteiger partial charge on any atom is -0.309 e. The van der Waals surface area contributed by atoms with Crippen LogP contribution in [0, 0.1) is 0 Å². The van der Waals surface area contributed by atoms with Gasteiger partial charge < -0.3 is 5.32 Å². The molecule has 0 radical (unpaired) electrons. The van der Waals surface area contributed by atoms with Crippen LogP contribution in [-0.2, 0) is 13.6 Å². The fourth-order valence-corrected chi connectivity index (χ4v) is 2.13. The fourth-order valence-electron chi connectivity index (χ4n) is 2.13. The zero-order chi connectivity index (χ0) is 11.8. The van der Waals surface area contributed by atoms with Gasteiger partial charge in [-0.3, -0.25) is 9.58 Å². The molecule has 1 aromatic heterocycles. The SMILES string of the molecule is CC1CNC(C)(C)CN1Cc1ncnn1C. The lowest BCUT2D eigenvalue weighted by molar-refractivity contribution is 0.0940. The molecule has 2 rings (SSSR count). The van der Waals surface area contributed by atoms with Gasteiger partial charge in [0, 0.05) is 31.7 Å². The monoisotopic (exact) mass is 223 g/mol. The molecule has 1 atom stereocenters. The quantitative estimate of drug-likeness (QED) is 0.788. The third kappa shape index (κ3) is 2.41. The molecule has 0 aromatic carbocycles. The maximum atomic E-state index is 4.28. The van der Waals surface area contributed by atoms with Gasteiger partial charge in [-0.2, -0.15) is 5.10 Å². The zero-order valence-electron chi connectivity index (χ0n) is 10.6. The Labute approximate surface area is 96.8 Å². The summed E-state index contributed by atoms with van der Waals surface area (Å²) < 4.78 is 1.85. The van der Waals surface area contributed by atoms with E-state index in [1.54, 1.807) is 6.33 Å². The molecular weight excluding hydrogens is 202 g/mol. The summed E-state index contributed by atoms with van der Waals surface area (Å²) in [6, 6.07) is 0.546. The average molecular weight is 223 g/mol. The highest BCUT2D eigenvalue weighted by molar-refractivity contribution is 4.93. The van der Waals surface area contributed by atoms with E-state index in [0.29, 0.717) is 6.04 Å². The lowest BCUT2D eigenvalue weighted by Crippen LogP contribution is -2.60. The van der Waals surface area contributed by atoms with Crippen molar-refractivity contribution < 1.29 is 0 Å². The lowest BCUT2D eigenvalue weighted by Gasteiger charge is -2.43. The molecule has 1 aliphatic heterocycles. The van der Waals surface area contributed by atoms with Crippen LogP contribution in [0.3, 0.4) is 0 Å². The molecular formula is C11H21N5. The summed E-state index contributed by atoms with van der Waals surface area (Å²) in [6.45, 7) is 9.68. The van der Waals surface area contributed by atoms with E-state index in [1.165, 1.54) is 0 Å². The van der Waals surface area contributed by atoms with E-state index in [1.807, 2.05) is 11.7 Å². The van der Waals surface area contributed by atoms with Gasteiger partial charge in [0.05, 0.1) is 6.54 Å². The molecule has 2 heterocycles. The van der Waals surface area contributed by atoms with E-state index in [2.05, 4.69) is 41.1 Å². The van der Waals surface area contributed by atoms with Gasteiger partial charge in [-0.15, -0.1) is 0 Å². The molecule has 90 valence electrons. The zero-order valence-corrected chi connectivity index (χ0v) is 10.6. The molecule has 5 nitrogen and oxygen atoms in total. The molecule has 0 amide bonds. The predicted octanol–water partition coefficient (Wildman–Crippen LogP) is 0.387. The van der Waals surface area contributed by atoms with Crippen molar-refractivity contribution in [2.24, 2.45) is 7.05 Å². The van der Waals surface area contributed by atoms with Crippen LogP contribution in [-0.4, -0.2) is 44.3 Å². The van der Waals surface area contributed by atoms with E-state index in [-0.39, 0.29) is 5.54 Å². The molecule has 5 heteroatoms. The lowest BCUT2D eigenvalue weighted by atomic mass is 9.99. The van der Waals surface area contributed by atoms with Crippen LogP contribution in [0.15, 0.2) is 6.33 Å². The molecule has 1 saturated heterocycles. The number of hydrogen-bond donors (Lipinski definition) is 1. The van der Waals surface area contributed by atoms with E-state index in [0.717, 1.165) is 25.5 Å². The van der Waals surface area contributed by atoms with Crippen LogP contribution in [0.5, 0.6) is 0 Å². The van der Waals surface area contributed by atoms with Gasteiger partial charge in [-0.25, -0.2) is 4.98 Å². The van der Waals surface area contributed by atoms with Crippen molar-refractivity contribution in [3.8, 4) is 0 Å². The van der Waals surface area contributed by atoms with E-state index < -0.39 is 0 Å². The maximum Gasteiger partial charge on any atom is 0.140 e. The van der Waals surface area contributed by atoms with Gasteiger partial charge >= 0.3 is 0 Å². The Kier molecular flexibility index (Phi) is 2.99. The topological polar surface area (TPSA) is 46.0 Å². The van der Waals surface area contributed by atoms with Crippen molar-refractivity contribution in [2.45, 2.75) is 38.9 Å². The molecule has 1 aliphatic rings. The molecule has 1 unspecified atom stereocenters. The summed E-state index contributed by atoms with van der Waals surface area (Å²) in [6.07, 6.45) is 1.62. The van der Waals surface area contributed by atoms with Gasteiger partial charge in [-0.1, -0.05) is 0 Å². The maximum absolute atomic E-state index is 4.28. The summed E-state index contributed by atoms with van der Waals surface area (Å²) in [7, 11) is 1.94. The number of nitrogens with zero attached hydrogens (tertiary/aromatic N) is 4. The van der Waals surface area contributed by atoms with Crippen LogP contribution < -0.4 is 5.32 Å². The Hall–Kier alpha value is -0.940. The third-order valence-electron chi connectivity index (χ3n) is 3.25. The number of aromatic nitrogens is 3. The van der Waals surface area contributed by atoms with Crippen LogP contribution >= 0.6 is 0 Å². The number of aryl methyl sites for hydroxylation is 1. The normalized spacial score (nSPS) is 25.9.